The lowest BCUT2D eigenvalue weighted by Crippen LogP contribution is -2.52. The van der Waals surface area contributed by atoms with E-state index in [9.17, 15) is 4.79 Å². The number of benzene rings is 1. The van der Waals surface area contributed by atoms with E-state index in [4.69, 9.17) is 14.7 Å². The monoisotopic (exact) mass is 435 g/mol. The van der Waals surface area contributed by atoms with Crippen LogP contribution >= 0.6 is 0 Å². The summed E-state index contributed by atoms with van der Waals surface area (Å²) in [6.07, 6.45) is 8.71. The van der Waals surface area contributed by atoms with Gasteiger partial charge in [0.2, 0.25) is 5.95 Å². The second-order valence-electron chi connectivity index (χ2n) is 9.09. The standard InChI is InChI=1S/C25H33N5O2/c31-24(19-32-22-8-2-1-3-9-22)29-12-5-10-23-20(11-13-29)18-26-25(27-23)30-16-14-28(15-17-30)21-6-4-7-21/h1-3,8-9,18,21H,4-7,10-17,19H2. The predicted octanol–water partition coefficient (Wildman–Crippen LogP) is 2.55. The molecule has 0 spiro atoms. The van der Waals surface area contributed by atoms with Gasteiger partial charge < -0.3 is 14.5 Å². The molecule has 2 aliphatic heterocycles. The van der Waals surface area contributed by atoms with Crippen LogP contribution in [0.5, 0.6) is 5.75 Å². The Morgan fingerprint density at radius 1 is 0.969 bits per heavy atom. The largest absolute Gasteiger partial charge is 0.484 e. The van der Waals surface area contributed by atoms with Crippen LogP contribution in [0.1, 0.15) is 36.9 Å². The minimum atomic E-state index is 0.0409. The van der Waals surface area contributed by atoms with E-state index in [-0.39, 0.29) is 12.5 Å². The number of piperazine rings is 1. The molecule has 1 aromatic heterocycles. The van der Waals surface area contributed by atoms with Crippen molar-refractivity contribution in [1.29, 1.82) is 0 Å². The molecule has 7 heteroatoms. The highest BCUT2D eigenvalue weighted by molar-refractivity contribution is 5.77. The highest BCUT2D eigenvalue weighted by Gasteiger charge is 2.29. The molecular weight excluding hydrogens is 402 g/mol. The number of amides is 1. The van der Waals surface area contributed by atoms with Gasteiger partial charge in [-0.2, -0.15) is 0 Å². The number of fused-ring (bicyclic) bond motifs is 1. The summed E-state index contributed by atoms with van der Waals surface area (Å²) in [6, 6.07) is 10.3. The van der Waals surface area contributed by atoms with Gasteiger partial charge in [0.05, 0.1) is 0 Å². The molecule has 5 rings (SSSR count). The van der Waals surface area contributed by atoms with Crippen LogP contribution in [0, 0.1) is 0 Å². The third-order valence-corrected chi connectivity index (χ3v) is 7.08. The van der Waals surface area contributed by atoms with E-state index in [0.29, 0.717) is 6.54 Å². The molecule has 170 valence electrons. The number of hydrogen-bond donors (Lipinski definition) is 0. The quantitative estimate of drug-likeness (QED) is 0.719. The first kappa shape index (κ1) is 21.2. The molecule has 1 aliphatic carbocycles. The van der Waals surface area contributed by atoms with Crippen molar-refractivity contribution < 1.29 is 9.53 Å². The van der Waals surface area contributed by atoms with Crippen molar-refractivity contribution in [3.8, 4) is 5.75 Å². The Labute approximate surface area is 190 Å². The average Bonchev–Trinajstić information content (AvgIpc) is 2.78. The number of rotatable bonds is 5. The predicted molar refractivity (Wildman–Crippen MR) is 124 cm³/mol. The first-order valence-corrected chi connectivity index (χ1v) is 12.1. The number of carbonyl (C=O) groups excluding carboxylic acids is 1. The van der Waals surface area contributed by atoms with Gasteiger partial charge >= 0.3 is 0 Å². The molecule has 3 heterocycles. The Morgan fingerprint density at radius 2 is 1.78 bits per heavy atom. The Morgan fingerprint density at radius 3 is 2.53 bits per heavy atom. The molecule has 2 aromatic rings. The highest BCUT2D eigenvalue weighted by Crippen LogP contribution is 2.26. The van der Waals surface area contributed by atoms with Gasteiger partial charge in [-0.3, -0.25) is 9.69 Å². The summed E-state index contributed by atoms with van der Waals surface area (Å²) in [7, 11) is 0. The molecule has 0 radical (unpaired) electrons. The van der Waals surface area contributed by atoms with E-state index in [2.05, 4.69) is 9.80 Å². The Kier molecular flexibility index (Phi) is 6.53. The van der Waals surface area contributed by atoms with Crippen LogP contribution in [0.2, 0.25) is 0 Å². The zero-order valence-electron chi connectivity index (χ0n) is 18.8. The van der Waals surface area contributed by atoms with E-state index in [1.54, 1.807) is 0 Å². The van der Waals surface area contributed by atoms with Crippen molar-refractivity contribution in [3.63, 3.8) is 0 Å². The van der Waals surface area contributed by atoms with Crippen LogP contribution < -0.4 is 9.64 Å². The van der Waals surface area contributed by atoms with Crippen molar-refractivity contribution in [3.05, 3.63) is 47.8 Å². The number of hydrogen-bond acceptors (Lipinski definition) is 6. The molecule has 32 heavy (non-hydrogen) atoms. The number of para-hydroxylation sites is 1. The minimum Gasteiger partial charge on any atom is -0.484 e. The number of carbonyl (C=O) groups is 1. The Hall–Kier alpha value is -2.67. The average molecular weight is 436 g/mol. The summed E-state index contributed by atoms with van der Waals surface area (Å²) >= 11 is 0. The molecule has 3 aliphatic rings. The topological polar surface area (TPSA) is 61.8 Å². The van der Waals surface area contributed by atoms with E-state index < -0.39 is 0 Å². The second kappa shape index (κ2) is 9.86. The van der Waals surface area contributed by atoms with Crippen LogP contribution in [-0.2, 0) is 17.6 Å². The third kappa shape index (κ3) is 4.88. The van der Waals surface area contributed by atoms with Crippen LogP contribution in [0.15, 0.2) is 36.5 Å². The first-order valence-electron chi connectivity index (χ1n) is 12.1. The Balaban J connectivity index is 1.15. The van der Waals surface area contributed by atoms with E-state index >= 15 is 0 Å². The first-order chi connectivity index (χ1) is 15.8. The maximum atomic E-state index is 12.7. The van der Waals surface area contributed by atoms with Crippen LogP contribution in [0.3, 0.4) is 0 Å². The van der Waals surface area contributed by atoms with Gasteiger partial charge in [0.25, 0.3) is 5.91 Å². The fraction of sp³-hybridized carbons (Fsp3) is 0.560. The summed E-state index contributed by atoms with van der Waals surface area (Å²) in [5, 5.41) is 0. The van der Waals surface area contributed by atoms with Crippen LogP contribution in [0.4, 0.5) is 5.95 Å². The van der Waals surface area contributed by atoms with Gasteiger partial charge in [0, 0.05) is 57.2 Å². The molecule has 1 aromatic carbocycles. The van der Waals surface area contributed by atoms with Gasteiger partial charge in [-0.15, -0.1) is 0 Å². The van der Waals surface area contributed by atoms with Crippen LogP contribution in [0.25, 0.3) is 0 Å². The molecule has 1 saturated heterocycles. The fourth-order valence-electron chi connectivity index (χ4n) is 4.86. The van der Waals surface area contributed by atoms with Crippen LogP contribution in [-0.4, -0.2) is 77.6 Å². The Bertz CT molecular complexity index is 910. The highest BCUT2D eigenvalue weighted by atomic mass is 16.5. The second-order valence-corrected chi connectivity index (χ2v) is 9.09. The van der Waals surface area contributed by atoms with Crippen molar-refractivity contribution in [1.82, 2.24) is 19.8 Å². The SMILES string of the molecule is O=C(COc1ccccc1)N1CCCc2nc(N3CCN(C4CCC4)CC3)ncc2CC1. The smallest absolute Gasteiger partial charge is 0.260 e. The van der Waals surface area contributed by atoms with E-state index in [1.807, 2.05) is 41.4 Å². The van der Waals surface area contributed by atoms with Crippen molar-refractivity contribution in [2.45, 2.75) is 44.6 Å². The normalized spacial score (nSPS) is 20.1. The molecule has 1 amide bonds. The van der Waals surface area contributed by atoms with Gasteiger partial charge in [0.15, 0.2) is 6.61 Å². The van der Waals surface area contributed by atoms with Gasteiger partial charge in [-0.05, 0) is 49.8 Å². The number of aromatic nitrogens is 2. The summed E-state index contributed by atoms with van der Waals surface area (Å²) in [4.78, 5) is 29.2. The molecule has 0 unspecified atom stereocenters. The summed E-state index contributed by atoms with van der Waals surface area (Å²) in [5.41, 5.74) is 2.33. The molecule has 0 atom stereocenters. The van der Waals surface area contributed by atoms with Gasteiger partial charge in [0.1, 0.15) is 5.75 Å². The van der Waals surface area contributed by atoms with E-state index in [1.165, 1.54) is 24.8 Å². The number of nitrogens with zero attached hydrogens (tertiary/aromatic N) is 5. The van der Waals surface area contributed by atoms with Crippen molar-refractivity contribution in [2.24, 2.45) is 0 Å². The number of ether oxygens (including phenoxy) is 1. The minimum absolute atomic E-state index is 0.0409. The number of anilines is 1. The van der Waals surface area contributed by atoms with Gasteiger partial charge in [-0.25, -0.2) is 9.97 Å². The molecule has 0 N–H and O–H groups in total. The fourth-order valence-corrected chi connectivity index (χ4v) is 4.86. The maximum absolute atomic E-state index is 12.7. The summed E-state index contributed by atoms with van der Waals surface area (Å²) in [6.45, 7) is 5.78. The lowest BCUT2D eigenvalue weighted by Gasteiger charge is -2.43. The van der Waals surface area contributed by atoms with E-state index in [0.717, 1.165) is 75.4 Å². The molecule has 7 nitrogen and oxygen atoms in total. The zero-order chi connectivity index (χ0) is 21.8. The number of aryl methyl sites for hydroxylation is 1. The summed E-state index contributed by atoms with van der Waals surface area (Å²) in [5.74, 6) is 1.65. The lowest BCUT2D eigenvalue weighted by atomic mass is 9.91. The third-order valence-electron chi connectivity index (χ3n) is 7.08. The molecule has 2 fully saturated rings. The maximum Gasteiger partial charge on any atom is 0.260 e. The van der Waals surface area contributed by atoms with Crippen molar-refractivity contribution in [2.75, 3.05) is 50.8 Å². The lowest BCUT2D eigenvalue weighted by molar-refractivity contribution is -0.133. The van der Waals surface area contributed by atoms with Crippen molar-refractivity contribution >= 4 is 11.9 Å². The molecule has 0 bridgehead atoms. The summed E-state index contributed by atoms with van der Waals surface area (Å²) < 4.78 is 5.65. The zero-order valence-corrected chi connectivity index (χ0v) is 18.8. The van der Waals surface area contributed by atoms with Gasteiger partial charge in [-0.1, -0.05) is 24.6 Å². The molecule has 1 saturated carbocycles. The molecular formula is C25H33N5O2.